The van der Waals surface area contributed by atoms with Gasteiger partial charge in [-0.3, -0.25) is 4.79 Å². The lowest BCUT2D eigenvalue weighted by Gasteiger charge is -2.14. The van der Waals surface area contributed by atoms with E-state index in [2.05, 4.69) is 5.10 Å². The maximum atomic E-state index is 13.6. The standard InChI is InChI=1S/C14H11F2N3O2/c15-10-3-1-2-9(13(10)16)12(20)8-18-6-7-19-11(14(18)21)4-5-17-19/h1-7,12,20H,8H2. The molecule has 0 bridgehead atoms. The number of fused-ring (bicyclic) bond motifs is 1. The Kier molecular flexibility index (Phi) is 3.26. The Morgan fingerprint density at radius 2 is 2.05 bits per heavy atom. The van der Waals surface area contributed by atoms with Crippen LogP contribution < -0.4 is 5.56 Å². The van der Waals surface area contributed by atoms with Gasteiger partial charge in [0.1, 0.15) is 5.52 Å². The van der Waals surface area contributed by atoms with E-state index in [0.717, 1.165) is 6.07 Å². The molecule has 21 heavy (non-hydrogen) atoms. The molecule has 2 heterocycles. The normalized spacial score (nSPS) is 12.7. The summed E-state index contributed by atoms with van der Waals surface area (Å²) in [6.45, 7) is -0.180. The molecule has 1 aromatic carbocycles. The molecule has 7 heteroatoms. The predicted octanol–water partition coefficient (Wildman–Crippen LogP) is 1.51. The fraction of sp³-hybridized carbons (Fsp3) is 0.143. The number of aromatic nitrogens is 3. The van der Waals surface area contributed by atoms with Crippen LogP contribution in [0, 0.1) is 11.6 Å². The first-order valence-electron chi connectivity index (χ1n) is 6.22. The Labute approximate surface area is 117 Å². The highest BCUT2D eigenvalue weighted by Gasteiger charge is 2.17. The minimum Gasteiger partial charge on any atom is -0.386 e. The van der Waals surface area contributed by atoms with E-state index < -0.39 is 17.7 Å². The smallest absolute Gasteiger partial charge is 0.276 e. The first-order chi connectivity index (χ1) is 10.1. The monoisotopic (exact) mass is 291 g/mol. The molecule has 0 saturated carbocycles. The Hall–Kier alpha value is -2.54. The zero-order valence-electron chi connectivity index (χ0n) is 10.8. The molecular formula is C14H11F2N3O2. The second-order valence-electron chi connectivity index (χ2n) is 4.58. The Morgan fingerprint density at radius 1 is 1.24 bits per heavy atom. The zero-order valence-corrected chi connectivity index (χ0v) is 10.8. The largest absolute Gasteiger partial charge is 0.386 e. The van der Waals surface area contributed by atoms with Crippen LogP contribution >= 0.6 is 0 Å². The number of hydrogen-bond donors (Lipinski definition) is 1. The van der Waals surface area contributed by atoms with E-state index in [0.29, 0.717) is 5.52 Å². The van der Waals surface area contributed by atoms with Gasteiger partial charge in [0.05, 0.1) is 18.8 Å². The molecule has 0 amide bonds. The first kappa shape index (κ1) is 13.4. The summed E-state index contributed by atoms with van der Waals surface area (Å²) in [6, 6.07) is 5.09. The van der Waals surface area contributed by atoms with Crippen molar-refractivity contribution in [3.8, 4) is 0 Å². The summed E-state index contributed by atoms with van der Waals surface area (Å²) in [5.74, 6) is -2.14. The van der Waals surface area contributed by atoms with Gasteiger partial charge < -0.3 is 9.67 Å². The van der Waals surface area contributed by atoms with Crippen molar-refractivity contribution < 1.29 is 13.9 Å². The van der Waals surface area contributed by atoms with Crippen LogP contribution in [0.4, 0.5) is 8.78 Å². The van der Waals surface area contributed by atoms with Crippen molar-refractivity contribution in [3.63, 3.8) is 0 Å². The van der Waals surface area contributed by atoms with Gasteiger partial charge in [-0.05, 0) is 12.1 Å². The summed E-state index contributed by atoms with van der Waals surface area (Å²) in [5, 5.41) is 14.0. The Bertz CT molecular complexity index is 857. The van der Waals surface area contributed by atoms with Crippen molar-refractivity contribution in [1.29, 1.82) is 0 Å². The number of aliphatic hydroxyl groups excluding tert-OH is 1. The average molecular weight is 291 g/mol. The van der Waals surface area contributed by atoms with Crippen molar-refractivity contribution in [1.82, 2.24) is 14.2 Å². The molecule has 1 unspecified atom stereocenters. The molecule has 1 N–H and O–H groups in total. The van der Waals surface area contributed by atoms with E-state index in [1.54, 1.807) is 6.20 Å². The van der Waals surface area contributed by atoms with Gasteiger partial charge in [0.15, 0.2) is 11.6 Å². The van der Waals surface area contributed by atoms with E-state index in [-0.39, 0.29) is 17.7 Å². The lowest BCUT2D eigenvalue weighted by molar-refractivity contribution is 0.149. The summed E-state index contributed by atoms with van der Waals surface area (Å²) in [7, 11) is 0. The van der Waals surface area contributed by atoms with Crippen LogP contribution in [0.5, 0.6) is 0 Å². The average Bonchev–Trinajstić information content (AvgIpc) is 2.94. The second kappa shape index (κ2) is 5.10. The molecule has 3 rings (SSSR count). The fourth-order valence-corrected chi connectivity index (χ4v) is 2.17. The minimum atomic E-state index is -1.33. The van der Waals surface area contributed by atoms with Crippen LogP contribution in [0.25, 0.3) is 5.52 Å². The Morgan fingerprint density at radius 3 is 2.86 bits per heavy atom. The van der Waals surface area contributed by atoms with Gasteiger partial charge in [-0.1, -0.05) is 12.1 Å². The fourth-order valence-electron chi connectivity index (χ4n) is 2.17. The number of hydrogen-bond acceptors (Lipinski definition) is 3. The van der Waals surface area contributed by atoms with E-state index in [4.69, 9.17) is 0 Å². The number of halogens is 2. The molecule has 0 fully saturated rings. The van der Waals surface area contributed by atoms with Crippen molar-refractivity contribution in [2.75, 3.05) is 0 Å². The Balaban J connectivity index is 1.96. The van der Waals surface area contributed by atoms with Crippen LogP contribution in [0.15, 0.2) is 47.7 Å². The van der Waals surface area contributed by atoms with E-state index in [1.807, 2.05) is 0 Å². The van der Waals surface area contributed by atoms with Gasteiger partial charge >= 0.3 is 0 Å². The molecule has 2 aromatic heterocycles. The molecule has 0 saturated heterocycles. The maximum absolute atomic E-state index is 13.6. The van der Waals surface area contributed by atoms with Crippen molar-refractivity contribution in [2.45, 2.75) is 12.6 Å². The van der Waals surface area contributed by atoms with Crippen molar-refractivity contribution in [3.05, 3.63) is 70.4 Å². The van der Waals surface area contributed by atoms with E-state index >= 15 is 0 Å². The number of benzene rings is 1. The predicted molar refractivity (Wildman–Crippen MR) is 70.8 cm³/mol. The molecule has 1 atom stereocenters. The van der Waals surface area contributed by atoms with Crippen LogP contribution in [0.1, 0.15) is 11.7 Å². The van der Waals surface area contributed by atoms with E-state index in [9.17, 15) is 18.7 Å². The summed E-state index contributed by atoms with van der Waals surface area (Å²) in [4.78, 5) is 12.1. The highest BCUT2D eigenvalue weighted by Crippen LogP contribution is 2.20. The summed E-state index contributed by atoms with van der Waals surface area (Å²) < 4.78 is 29.4. The van der Waals surface area contributed by atoms with E-state index in [1.165, 1.54) is 39.7 Å². The molecule has 0 aliphatic rings. The zero-order chi connectivity index (χ0) is 15.0. The van der Waals surface area contributed by atoms with Crippen LogP contribution in [0.3, 0.4) is 0 Å². The first-order valence-corrected chi connectivity index (χ1v) is 6.22. The molecule has 0 aliphatic heterocycles. The third-order valence-electron chi connectivity index (χ3n) is 3.25. The lowest BCUT2D eigenvalue weighted by Crippen LogP contribution is -2.24. The molecular weight excluding hydrogens is 280 g/mol. The highest BCUT2D eigenvalue weighted by atomic mass is 19.2. The van der Waals surface area contributed by atoms with Crippen molar-refractivity contribution >= 4 is 5.52 Å². The molecule has 3 aromatic rings. The van der Waals surface area contributed by atoms with Crippen LogP contribution in [0.2, 0.25) is 0 Å². The maximum Gasteiger partial charge on any atom is 0.276 e. The highest BCUT2D eigenvalue weighted by molar-refractivity contribution is 5.42. The molecule has 0 aliphatic carbocycles. The van der Waals surface area contributed by atoms with Crippen LogP contribution in [-0.4, -0.2) is 19.3 Å². The van der Waals surface area contributed by atoms with Crippen molar-refractivity contribution in [2.24, 2.45) is 0 Å². The van der Waals surface area contributed by atoms with Crippen LogP contribution in [-0.2, 0) is 6.54 Å². The second-order valence-corrected chi connectivity index (χ2v) is 4.58. The minimum absolute atomic E-state index is 0.180. The molecule has 5 nitrogen and oxygen atoms in total. The third kappa shape index (κ3) is 2.31. The van der Waals surface area contributed by atoms with Gasteiger partial charge in [-0.15, -0.1) is 0 Å². The molecule has 0 radical (unpaired) electrons. The quantitative estimate of drug-likeness (QED) is 0.795. The number of rotatable bonds is 3. The topological polar surface area (TPSA) is 59.5 Å². The van der Waals surface area contributed by atoms with Gasteiger partial charge in [0, 0.05) is 18.0 Å². The third-order valence-corrected chi connectivity index (χ3v) is 3.25. The number of nitrogens with zero attached hydrogens (tertiary/aromatic N) is 3. The SMILES string of the molecule is O=c1c2ccnn2ccn1CC(O)c1cccc(F)c1F. The molecule has 108 valence electrons. The van der Waals surface area contributed by atoms with Gasteiger partial charge in [-0.25, -0.2) is 13.3 Å². The molecule has 0 spiro atoms. The summed E-state index contributed by atoms with van der Waals surface area (Å²) in [5.41, 5.74) is -0.217. The summed E-state index contributed by atoms with van der Waals surface area (Å²) >= 11 is 0. The summed E-state index contributed by atoms with van der Waals surface area (Å²) in [6.07, 6.45) is 3.13. The van der Waals surface area contributed by atoms with Gasteiger partial charge in [-0.2, -0.15) is 5.10 Å². The van der Waals surface area contributed by atoms with Gasteiger partial charge in [0.2, 0.25) is 0 Å². The number of aliphatic hydroxyl groups is 1. The lowest BCUT2D eigenvalue weighted by atomic mass is 10.1. The van der Waals surface area contributed by atoms with Gasteiger partial charge in [0.25, 0.3) is 5.56 Å².